The van der Waals surface area contributed by atoms with E-state index in [1.165, 1.54) is 6.07 Å². The summed E-state index contributed by atoms with van der Waals surface area (Å²) in [4.78, 5) is 39.5. The lowest BCUT2D eigenvalue weighted by Gasteiger charge is -2.26. The zero-order valence-corrected chi connectivity index (χ0v) is 23.3. The molecule has 2 heterocycles. The third-order valence-electron chi connectivity index (χ3n) is 7.22. The molecule has 0 bridgehead atoms. The van der Waals surface area contributed by atoms with Gasteiger partial charge in [0, 0.05) is 43.0 Å². The summed E-state index contributed by atoms with van der Waals surface area (Å²) >= 11 is 0. The molecule has 0 radical (unpaired) electrons. The van der Waals surface area contributed by atoms with Gasteiger partial charge in [-0.15, -0.1) is 0 Å². The van der Waals surface area contributed by atoms with Crippen molar-refractivity contribution >= 4 is 50.3 Å². The number of fused-ring (bicyclic) bond motifs is 1. The third-order valence-corrected chi connectivity index (χ3v) is 8.83. The number of carbonyl (C=O) groups excluding carboxylic acids is 2. The van der Waals surface area contributed by atoms with Gasteiger partial charge in [0.05, 0.1) is 34.0 Å². The Morgan fingerprint density at radius 2 is 1.66 bits per heavy atom. The second kappa shape index (κ2) is 11.6. The van der Waals surface area contributed by atoms with Gasteiger partial charge in [0.25, 0.3) is 11.8 Å². The van der Waals surface area contributed by atoms with Crippen molar-refractivity contribution in [2.75, 3.05) is 48.3 Å². The van der Waals surface area contributed by atoms with Crippen molar-refractivity contribution in [3.05, 3.63) is 94.5 Å². The van der Waals surface area contributed by atoms with Gasteiger partial charge in [-0.1, -0.05) is 30.3 Å². The van der Waals surface area contributed by atoms with Crippen LogP contribution in [0, 0.1) is 6.92 Å². The number of aromatic carboxylic acids is 1. The number of rotatable bonds is 8. The van der Waals surface area contributed by atoms with Gasteiger partial charge in [0.2, 0.25) is 0 Å². The number of amides is 2. The Labute approximate surface area is 238 Å². The van der Waals surface area contributed by atoms with Gasteiger partial charge in [-0.05, 0) is 54.4 Å². The van der Waals surface area contributed by atoms with Crippen molar-refractivity contribution in [3.63, 3.8) is 0 Å². The molecule has 2 aliphatic rings. The summed E-state index contributed by atoms with van der Waals surface area (Å²) in [5.74, 6) is -1.36. The van der Waals surface area contributed by atoms with Crippen LogP contribution in [0.2, 0.25) is 0 Å². The minimum Gasteiger partial charge on any atom is -0.478 e. The molecule has 5 rings (SSSR count). The van der Waals surface area contributed by atoms with E-state index in [9.17, 15) is 27.9 Å². The maximum atomic E-state index is 13.2. The Morgan fingerprint density at radius 3 is 2.32 bits per heavy atom. The number of nitrogens with one attached hydrogen (secondary N) is 3. The molecular weight excluding hydrogens is 544 g/mol. The number of benzene rings is 3. The smallest absolute Gasteiger partial charge is 0.336 e. The number of hydrogen-bond donors (Lipinski definition) is 4. The van der Waals surface area contributed by atoms with Crippen LogP contribution < -0.4 is 16.0 Å². The number of sulfone groups is 1. The van der Waals surface area contributed by atoms with Crippen molar-refractivity contribution in [2.24, 2.45) is 0 Å². The lowest BCUT2D eigenvalue weighted by Crippen LogP contribution is -2.43. The van der Waals surface area contributed by atoms with E-state index in [0.29, 0.717) is 65.5 Å². The number of aryl methyl sites for hydroxylation is 1. The van der Waals surface area contributed by atoms with Gasteiger partial charge in [-0.3, -0.25) is 14.5 Å². The summed E-state index contributed by atoms with van der Waals surface area (Å²) in [7, 11) is -2.94. The van der Waals surface area contributed by atoms with Gasteiger partial charge in [-0.25, -0.2) is 13.2 Å². The number of nitrogens with zero attached hydrogens (tertiary/aromatic N) is 1. The molecule has 212 valence electrons. The van der Waals surface area contributed by atoms with Crippen LogP contribution in [0.5, 0.6) is 0 Å². The normalized spacial score (nSPS) is 17.3. The Balaban J connectivity index is 1.34. The molecule has 0 aliphatic carbocycles. The van der Waals surface area contributed by atoms with Crippen molar-refractivity contribution < 1.29 is 27.9 Å². The first-order chi connectivity index (χ1) is 19.6. The number of carboxylic acids is 1. The molecular formula is C30H30N4O6S. The van der Waals surface area contributed by atoms with Crippen molar-refractivity contribution in [2.45, 2.75) is 6.92 Å². The Morgan fingerprint density at radius 1 is 0.976 bits per heavy atom. The fraction of sp³-hybridized carbons (Fsp3) is 0.233. The minimum absolute atomic E-state index is 0.122. The number of carbonyl (C=O) groups is 3. The van der Waals surface area contributed by atoms with Crippen LogP contribution in [-0.2, 0) is 14.6 Å². The third kappa shape index (κ3) is 6.31. The van der Waals surface area contributed by atoms with Gasteiger partial charge in [0.15, 0.2) is 9.84 Å². The first kappa shape index (κ1) is 28.1. The average molecular weight is 575 g/mol. The van der Waals surface area contributed by atoms with Crippen LogP contribution in [0.4, 0.5) is 11.4 Å². The molecule has 11 heteroatoms. The SMILES string of the molecule is Cc1cc2c(cc1C(=O)O)NC(=O)C2=C(Nc1ccc(C(=O)NCCN2CCS(=O)(=O)CC2)cc1)c1ccccc1. The number of carboxylic acid groups (broad SMARTS) is 1. The summed E-state index contributed by atoms with van der Waals surface area (Å²) in [5, 5.41) is 18.5. The molecule has 4 N–H and O–H groups in total. The summed E-state index contributed by atoms with van der Waals surface area (Å²) in [6.07, 6.45) is 0. The van der Waals surface area contributed by atoms with E-state index in [2.05, 4.69) is 16.0 Å². The fourth-order valence-electron chi connectivity index (χ4n) is 4.94. The molecule has 0 aromatic heterocycles. The second-order valence-corrected chi connectivity index (χ2v) is 12.3. The quantitative estimate of drug-likeness (QED) is 0.301. The highest BCUT2D eigenvalue weighted by molar-refractivity contribution is 7.91. The van der Waals surface area contributed by atoms with E-state index in [4.69, 9.17) is 0 Å². The molecule has 2 amide bonds. The fourth-order valence-corrected chi connectivity index (χ4v) is 6.22. The molecule has 3 aromatic rings. The zero-order chi connectivity index (χ0) is 29.1. The molecule has 0 atom stereocenters. The predicted octanol–water partition coefficient (Wildman–Crippen LogP) is 3.09. The van der Waals surface area contributed by atoms with Crippen LogP contribution in [-0.4, -0.2) is 73.9 Å². The highest BCUT2D eigenvalue weighted by Crippen LogP contribution is 2.39. The van der Waals surface area contributed by atoms with Crippen molar-refractivity contribution in [1.82, 2.24) is 10.2 Å². The maximum Gasteiger partial charge on any atom is 0.336 e. The first-order valence-corrected chi connectivity index (χ1v) is 15.0. The highest BCUT2D eigenvalue weighted by atomic mass is 32.2. The van der Waals surface area contributed by atoms with E-state index in [1.54, 1.807) is 37.3 Å². The van der Waals surface area contributed by atoms with Gasteiger partial charge >= 0.3 is 5.97 Å². The summed E-state index contributed by atoms with van der Waals surface area (Å²) < 4.78 is 23.2. The van der Waals surface area contributed by atoms with E-state index in [0.717, 1.165) is 5.56 Å². The van der Waals surface area contributed by atoms with Gasteiger partial charge in [0.1, 0.15) is 0 Å². The van der Waals surface area contributed by atoms with Crippen LogP contribution in [0.3, 0.4) is 0 Å². The summed E-state index contributed by atoms with van der Waals surface area (Å²) in [5.41, 5.74) is 4.51. The highest BCUT2D eigenvalue weighted by Gasteiger charge is 2.30. The van der Waals surface area contributed by atoms with E-state index >= 15 is 0 Å². The maximum absolute atomic E-state index is 13.2. The van der Waals surface area contributed by atoms with Crippen LogP contribution in [0.1, 0.15) is 37.4 Å². The Hall–Kier alpha value is -4.48. The topological polar surface area (TPSA) is 145 Å². The molecule has 1 saturated heterocycles. The molecule has 0 spiro atoms. The molecule has 2 aliphatic heterocycles. The van der Waals surface area contributed by atoms with Crippen LogP contribution in [0.15, 0.2) is 66.7 Å². The van der Waals surface area contributed by atoms with Gasteiger partial charge in [-0.2, -0.15) is 0 Å². The standard InChI is InChI=1S/C30H30N4O6S/c1-19-17-24-25(18-23(19)30(37)38)33-29(36)26(24)27(20-5-3-2-4-6-20)32-22-9-7-21(8-10-22)28(35)31-11-12-34-13-15-41(39,40)16-14-34/h2-10,17-18,32H,11-16H2,1H3,(H,31,35)(H,33,36)(H,37,38). The predicted molar refractivity (Wildman–Crippen MR) is 158 cm³/mol. The van der Waals surface area contributed by atoms with Crippen LogP contribution in [0.25, 0.3) is 11.3 Å². The molecule has 10 nitrogen and oxygen atoms in total. The second-order valence-electron chi connectivity index (χ2n) is 10.0. The zero-order valence-electron chi connectivity index (χ0n) is 22.4. The Bertz CT molecular complexity index is 1640. The lowest BCUT2D eigenvalue weighted by molar-refractivity contribution is -0.110. The van der Waals surface area contributed by atoms with Crippen molar-refractivity contribution in [1.29, 1.82) is 0 Å². The molecule has 41 heavy (non-hydrogen) atoms. The first-order valence-electron chi connectivity index (χ1n) is 13.2. The molecule has 1 fully saturated rings. The molecule has 0 unspecified atom stereocenters. The summed E-state index contributed by atoms with van der Waals surface area (Å²) in [6.45, 7) is 3.62. The number of anilines is 2. The molecule has 0 saturated carbocycles. The van der Waals surface area contributed by atoms with E-state index < -0.39 is 15.8 Å². The monoisotopic (exact) mass is 574 g/mol. The minimum atomic E-state index is -2.94. The Kier molecular flexibility index (Phi) is 7.91. The number of hydrogen-bond acceptors (Lipinski definition) is 7. The summed E-state index contributed by atoms with van der Waals surface area (Å²) in [6, 6.07) is 19.4. The lowest BCUT2D eigenvalue weighted by atomic mass is 9.96. The van der Waals surface area contributed by atoms with Crippen molar-refractivity contribution in [3.8, 4) is 0 Å². The van der Waals surface area contributed by atoms with E-state index in [-0.39, 0.29) is 28.9 Å². The largest absolute Gasteiger partial charge is 0.478 e. The average Bonchev–Trinajstić information content (AvgIpc) is 3.27. The van der Waals surface area contributed by atoms with Crippen LogP contribution >= 0.6 is 0 Å². The van der Waals surface area contributed by atoms with Gasteiger partial charge < -0.3 is 21.1 Å². The van der Waals surface area contributed by atoms with E-state index in [1.807, 2.05) is 35.2 Å². The molecule has 3 aromatic carbocycles.